The topological polar surface area (TPSA) is 42.0 Å². The smallest absolute Gasteiger partial charge is 0.281 e. The Labute approximate surface area is 157 Å². The lowest BCUT2D eigenvalue weighted by Crippen LogP contribution is -2.31. The lowest BCUT2D eigenvalue weighted by molar-refractivity contribution is -0.114. The van der Waals surface area contributed by atoms with Crippen LogP contribution in [0.2, 0.25) is 0 Å². The number of fused-ring (bicyclic) bond motifs is 1. The van der Waals surface area contributed by atoms with E-state index in [0.717, 1.165) is 16.8 Å². The highest BCUT2D eigenvalue weighted by Crippen LogP contribution is 2.34. The van der Waals surface area contributed by atoms with Crippen molar-refractivity contribution in [1.82, 2.24) is 4.90 Å². The number of ether oxygens (including phenoxy) is 2. The van der Waals surface area contributed by atoms with Gasteiger partial charge in [-0.15, -0.1) is 0 Å². The van der Waals surface area contributed by atoms with E-state index in [0.29, 0.717) is 22.3 Å². The zero-order chi connectivity index (χ0) is 18.4. The number of hydrogen-bond donors (Lipinski definition) is 0. The number of thiocarbonyl (C=S) groups is 1. The largest absolute Gasteiger partial charge is 0.454 e. The van der Waals surface area contributed by atoms with Gasteiger partial charge in [-0.1, -0.05) is 12.1 Å². The Morgan fingerprint density at radius 1 is 1.04 bits per heavy atom. The van der Waals surface area contributed by atoms with Gasteiger partial charge in [-0.25, -0.2) is 0 Å². The van der Waals surface area contributed by atoms with Gasteiger partial charge in [-0.2, -0.15) is 0 Å². The molecule has 0 saturated carbocycles. The van der Waals surface area contributed by atoms with Crippen molar-refractivity contribution in [2.45, 2.75) is 13.8 Å². The summed E-state index contributed by atoms with van der Waals surface area (Å²) in [5.74, 6) is 1.25. The van der Waals surface area contributed by atoms with Gasteiger partial charge in [0.05, 0.1) is 5.69 Å². The molecule has 0 aromatic heterocycles. The predicted molar refractivity (Wildman–Crippen MR) is 104 cm³/mol. The van der Waals surface area contributed by atoms with E-state index in [1.54, 1.807) is 16.8 Å². The van der Waals surface area contributed by atoms with Crippen LogP contribution in [0.15, 0.2) is 42.1 Å². The quantitative estimate of drug-likeness (QED) is 0.600. The van der Waals surface area contributed by atoms with Gasteiger partial charge in [-0.05, 0) is 73.1 Å². The Hall–Kier alpha value is -2.86. The number of rotatable bonds is 2. The molecule has 26 heavy (non-hydrogen) atoms. The summed E-state index contributed by atoms with van der Waals surface area (Å²) >= 11 is 5.52. The molecule has 0 spiro atoms. The molecule has 2 aliphatic heterocycles. The molecular formula is C20H18N2O3S. The Morgan fingerprint density at radius 3 is 2.58 bits per heavy atom. The molecule has 1 fully saturated rings. The number of aryl methyl sites for hydroxylation is 2. The van der Waals surface area contributed by atoms with Crippen LogP contribution in [0.25, 0.3) is 6.08 Å². The van der Waals surface area contributed by atoms with E-state index in [4.69, 9.17) is 21.7 Å². The van der Waals surface area contributed by atoms with Crippen LogP contribution >= 0.6 is 12.2 Å². The average Bonchev–Trinajstić information content (AvgIpc) is 3.16. The highest BCUT2D eigenvalue weighted by molar-refractivity contribution is 7.80. The fourth-order valence-corrected chi connectivity index (χ4v) is 3.30. The Balaban J connectivity index is 1.70. The summed E-state index contributed by atoms with van der Waals surface area (Å²) in [6.45, 7) is 4.29. The highest BCUT2D eigenvalue weighted by Gasteiger charge is 2.36. The molecule has 0 radical (unpaired) electrons. The summed E-state index contributed by atoms with van der Waals surface area (Å²) in [7, 11) is 1.81. The zero-order valence-electron chi connectivity index (χ0n) is 14.8. The van der Waals surface area contributed by atoms with E-state index in [1.807, 2.05) is 56.3 Å². The van der Waals surface area contributed by atoms with Crippen molar-refractivity contribution in [3.63, 3.8) is 0 Å². The van der Waals surface area contributed by atoms with Crippen LogP contribution in [0.3, 0.4) is 0 Å². The number of anilines is 1. The number of benzene rings is 2. The minimum Gasteiger partial charge on any atom is -0.454 e. The van der Waals surface area contributed by atoms with E-state index in [2.05, 4.69) is 0 Å². The fraction of sp³-hybridized carbons (Fsp3) is 0.200. The number of nitrogens with zero attached hydrogens (tertiary/aromatic N) is 2. The van der Waals surface area contributed by atoms with Crippen LogP contribution in [-0.2, 0) is 4.79 Å². The summed E-state index contributed by atoms with van der Waals surface area (Å²) in [6, 6.07) is 11.5. The Bertz CT molecular complexity index is 968. The van der Waals surface area contributed by atoms with Crippen molar-refractivity contribution in [3.8, 4) is 11.5 Å². The van der Waals surface area contributed by atoms with E-state index >= 15 is 0 Å². The van der Waals surface area contributed by atoms with Crippen molar-refractivity contribution in [1.29, 1.82) is 0 Å². The van der Waals surface area contributed by atoms with Crippen molar-refractivity contribution in [2.75, 3.05) is 18.7 Å². The van der Waals surface area contributed by atoms with E-state index in [-0.39, 0.29) is 12.7 Å². The molecule has 2 aliphatic rings. The van der Waals surface area contributed by atoms with Gasteiger partial charge in [0.1, 0.15) is 5.70 Å². The molecule has 5 nitrogen and oxygen atoms in total. The molecule has 1 amide bonds. The molecular weight excluding hydrogens is 348 g/mol. The second kappa shape index (κ2) is 6.14. The van der Waals surface area contributed by atoms with Gasteiger partial charge in [0.25, 0.3) is 5.91 Å². The van der Waals surface area contributed by atoms with Crippen molar-refractivity contribution < 1.29 is 14.3 Å². The minimum absolute atomic E-state index is 0.140. The molecule has 0 atom stereocenters. The molecule has 2 aromatic rings. The summed E-state index contributed by atoms with van der Waals surface area (Å²) in [5, 5.41) is 0.463. The average molecular weight is 366 g/mol. The lowest BCUT2D eigenvalue weighted by Gasteiger charge is -2.17. The molecule has 1 saturated heterocycles. The predicted octanol–water partition coefficient (Wildman–Crippen LogP) is 3.64. The van der Waals surface area contributed by atoms with Crippen LogP contribution in [0.4, 0.5) is 5.69 Å². The van der Waals surface area contributed by atoms with Crippen molar-refractivity contribution in [3.05, 3.63) is 58.8 Å². The first-order chi connectivity index (χ1) is 12.5. The SMILES string of the molecule is Cc1ccc(N2C(=O)C(=Cc3ccc4c(c3)OCO4)N(C)C2=S)cc1C. The molecule has 4 rings (SSSR count). The fourth-order valence-electron chi connectivity index (χ4n) is 3.01. The first-order valence-electron chi connectivity index (χ1n) is 8.26. The molecule has 0 bridgehead atoms. The highest BCUT2D eigenvalue weighted by atomic mass is 32.1. The van der Waals surface area contributed by atoms with Crippen molar-refractivity contribution >= 4 is 35.0 Å². The molecule has 132 valence electrons. The minimum atomic E-state index is -0.140. The summed E-state index contributed by atoms with van der Waals surface area (Å²) in [4.78, 5) is 16.3. The molecule has 2 heterocycles. The van der Waals surface area contributed by atoms with Crippen LogP contribution in [0.5, 0.6) is 11.5 Å². The first kappa shape index (κ1) is 16.6. The van der Waals surface area contributed by atoms with Gasteiger partial charge < -0.3 is 14.4 Å². The van der Waals surface area contributed by atoms with Gasteiger partial charge in [0.15, 0.2) is 16.6 Å². The zero-order valence-corrected chi connectivity index (χ0v) is 15.6. The Kier molecular flexibility index (Phi) is 3.92. The number of carbonyl (C=O) groups is 1. The van der Waals surface area contributed by atoms with Gasteiger partial charge in [0, 0.05) is 7.05 Å². The number of carbonyl (C=O) groups excluding carboxylic acids is 1. The van der Waals surface area contributed by atoms with Crippen molar-refractivity contribution in [2.24, 2.45) is 0 Å². The third-order valence-electron chi connectivity index (χ3n) is 4.71. The summed E-state index contributed by atoms with van der Waals surface area (Å²) in [6.07, 6.45) is 1.82. The van der Waals surface area contributed by atoms with E-state index in [1.165, 1.54) is 5.56 Å². The number of amides is 1. The number of hydrogen-bond acceptors (Lipinski definition) is 4. The lowest BCUT2D eigenvalue weighted by atomic mass is 10.1. The standard InChI is InChI=1S/C20H18N2O3S/c1-12-4-6-15(8-13(12)2)22-19(23)16(21(3)20(22)26)9-14-5-7-17-18(10-14)25-11-24-17/h4-10H,11H2,1-3H3. The van der Waals surface area contributed by atoms with Crippen LogP contribution in [0.1, 0.15) is 16.7 Å². The van der Waals surface area contributed by atoms with Gasteiger partial charge in [0.2, 0.25) is 6.79 Å². The maximum absolute atomic E-state index is 13.0. The van der Waals surface area contributed by atoms with Gasteiger partial charge >= 0.3 is 0 Å². The normalized spacial score (nSPS) is 17.6. The first-order valence-corrected chi connectivity index (χ1v) is 8.67. The van der Waals surface area contributed by atoms with Crippen LogP contribution < -0.4 is 14.4 Å². The monoisotopic (exact) mass is 366 g/mol. The van der Waals surface area contributed by atoms with Gasteiger partial charge in [-0.3, -0.25) is 9.69 Å². The molecule has 0 aliphatic carbocycles. The number of likely N-dealkylation sites (N-methyl/N-ethyl adjacent to an activating group) is 1. The van der Waals surface area contributed by atoms with Crippen LogP contribution in [-0.4, -0.2) is 29.8 Å². The Morgan fingerprint density at radius 2 is 1.81 bits per heavy atom. The van der Waals surface area contributed by atoms with E-state index in [9.17, 15) is 4.79 Å². The summed E-state index contributed by atoms with van der Waals surface area (Å²) < 4.78 is 10.7. The second-order valence-corrected chi connectivity index (χ2v) is 6.76. The summed E-state index contributed by atoms with van der Waals surface area (Å²) in [5.41, 5.74) is 4.45. The van der Waals surface area contributed by atoms with E-state index < -0.39 is 0 Å². The molecule has 2 aromatic carbocycles. The maximum atomic E-state index is 13.0. The molecule has 6 heteroatoms. The molecule has 0 unspecified atom stereocenters. The third kappa shape index (κ3) is 2.63. The maximum Gasteiger partial charge on any atom is 0.281 e. The second-order valence-electron chi connectivity index (χ2n) is 6.39. The van der Waals surface area contributed by atoms with Crippen LogP contribution in [0, 0.1) is 13.8 Å². The third-order valence-corrected chi connectivity index (χ3v) is 5.17. The molecule has 0 N–H and O–H groups in total.